The first-order chi connectivity index (χ1) is 19.0. The van der Waals surface area contributed by atoms with Gasteiger partial charge in [-0.1, -0.05) is 31.2 Å². The van der Waals surface area contributed by atoms with Crippen LogP contribution in [0.1, 0.15) is 40.3 Å². The maximum absolute atomic E-state index is 14.0. The molecule has 1 aliphatic heterocycles. The Hall–Kier alpha value is -4.10. The molecule has 210 valence electrons. The van der Waals surface area contributed by atoms with E-state index in [1.165, 1.54) is 49.4 Å². The third kappa shape index (κ3) is 5.21. The summed E-state index contributed by atoms with van der Waals surface area (Å²) in [4.78, 5) is 16.9. The highest BCUT2D eigenvalue weighted by atomic mass is 32.2. The zero-order valence-electron chi connectivity index (χ0n) is 21.1. The number of nitrogens with one attached hydrogen (secondary N) is 1. The quantitative estimate of drug-likeness (QED) is 0.325. The SMILES string of the molecule is CCS(=O)(=O)c1ccc(C(CO)NC(=O)c2ccc3c(c2)nc(C(F)(F)F)n3Cc2cccc3c2OCO3)cc1. The summed E-state index contributed by atoms with van der Waals surface area (Å²) in [5, 5.41) is 12.5. The topological polar surface area (TPSA) is 120 Å². The summed E-state index contributed by atoms with van der Waals surface area (Å²) in [6.07, 6.45) is -4.77. The molecular formula is C27H24F3N3O6S. The number of aliphatic hydroxyl groups excluding tert-OH is 1. The van der Waals surface area contributed by atoms with E-state index in [1.807, 2.05) is 0 Å². The second-order valence-electron chi connectivity index (χ2n) is 9.05. The molecule has 0 saturated heterocycles. The molecule has 2 heterocycles. The van der Waals surface area contributed by atoms with Gasteiger partial charge < -0.3 is 24.5 Å². The molecular weight excluding hydrogens is 551 g/mol. The lowest BCUT2D eigenvalue weighted by molar-refractivity contribution is -0.146. The number of para-hydroxylation sites is 1. The van der Waals surface area contributed by atoms with Gasteiger partial charge >= 0.3 is 6.18 Å². The Balaban J connectivity index is 1.43. The highest BCUT2D eigenvalue weighted by Gasteiger charge is 2.38. The van der Waals surface area contributed by atoms with Crippen molar-refractivity contribution in [3.05, 3.63) is 83.2 Å². The van der Waals surface area contributed by atoms with E-state index in [4.69, 9.17) is 9.47 Å². The highest BCUT2D eigenvalue weighted by molar-refractivity contribution is 7.91. The highest BCUT2D eigenvalue weighted by Crippen LogP contribution is 2.38. The monoisotopic (exact) mass is 575 g/mol. The fourth-order valence-corrected chi connectivity index (χ4v) is 5.37. The number of rotatable bonds is 8. The average Bonchev–Trinajstić information content (AvgIpc) is 3.57. The van der Waals surface area contributed by atoms with Gasteiger partial charge in [0.1, 0.15) is 0 Å². The minimum absolute atomic E-state index is 0.0293. The van der Waals surface area contributed by atoms with E-state index in [9.17, 15) is 31.5 Å². The van der Waals surface area contributed by atoms with E-state index < -0.39 is 40.4 Å². The van der Waals surface area contributed by atoms with Crippen molar-refractivity contribution >= 4 is 26.8 Å². The number of nitrogens with zero attached hydrogens (tertiary/aromatic N) is 2. The minimum Gasteiger partial charge on any atom is -0.454 e. The van der Waals surface area contributed by atoms with Crippen LogP contribution in [0.2, 0.25) is 0 Å². The smallest absolute Gasteiger partial charge is 0.449 e. The number of hydrogen-bond donors (Lipinski definition) is 2. The first-order valence-electron chi connectivity index (χ1n) is 12.2. The van der Waals surface area contributed by atoms with Crippen molar-refractivity contribution in [2.45, 2.75) is 30.6 Å². The number of halogens is 3. The lowest BCUT2D eigenvalue weighted by Crippen LogP contribution is -2.30. The fraction of sp³-hybridized carbons (Fsp3) is 0.259. The summed E-state index contributed by atoms with van der Waals surface area (Å²) < 4.78 is 77.8. The van der Waals surface area contributed by atoms with Crippen molar-refractivity contribution < 1.29 is 41.0 Å². The average molecular weight is 576 g/mol. The molecule has 0 saturated carbocycles. The molecule has 1 aromatic heterocycles. The molecule has 2 N–H and O–H groups in total. The van der Waals surface area contributed by atoms with Crippen LogP contribution in [0.5, 0.6) is 11.5 Å². The molecule has 1 amide bonds. The lowest BCUT2D eigenvalue weighted by Gasteiger charge is -2.17. The maximum atomic E-state index is 14.0. The van der Waals surface area contributed by atoms with Gasteiger partial charge in [-0.25, -0.2) is 13.4 Å². The van der Waals surface area contributed by atoms with Gasteiger partial charge in [-0.05, 0) is 42.0 Å². The van der Waals surface area contributed by atoms with Crippen LogP contribution in [0.25, 0.3) is 11.0 Å². The number of benzene rings is 3. The molecule has 0 fully saturated rings. The van der Waals surface area contributed by atoms with Gasteiger partial charge in [0.2, 0.25) is 12.6 Å². The normalized spacial score (nSPS) is 13.9. The summed E-state index contributed by atoms with van der Waals surface area (Å²) in [5.41, 5.74) is 1.08. The molecule has 0 spiro atoms. The number of ether oxygens (including phenoxy) is 2. The molecule has 1 atom stereocenters. The van der Waals surface area contributed by atoms with Gasteiger partial charge in [0, 0.05) is 11.1 Å². The first kappa shape index (κ1) is 27.5. The third-order valence-electron chi connectivity index (χ3n) is 6.58. The maximum Gasteiger partial charge on any atom is 0.449 e. The molecule has 13 heteroatoms. The Labute approximate surface area is 227 Å². The van der Waals surface area contributed by atoms with Crippen molar-refractivity contribution in [2.24, 2.45) is 0 Å². The number of carbonyl (C=O) groups excluding carboxylic acids is 1. The second-order valence-corrected chi connectivity index (χ2v) is 11.3. The predicted molar refractivity (Wildman–Crippen MR) is 138 cm³/mol. The van der Waals surface area contributed by atoms with Gasteiger partial charge in [0.15, 0.2) is 21.3 Å². The Morgan fingerprint density at radius 3 is 2.55 bits per heavy atom. The molecule has 4 aromatic rings. The molecule has 0 aliphatic carbocycles. The number of carbonyl (C=O) groups is 1. The number of imidazole rings is 1. The number of alkyl halides is 3. The molecule has 1 aliphatic rings. The van der Waals surface area contributed by atoms with Crippen molar-refractivity contribution in [3.63, 3.8) is 0 Å². The molecule has 0 bridgehead atoms. The van der Waals surface area contributed by atoms with Gasteiger partial charge in [-0.2, -0.15) is 13.2 Å². The largest absolute Gasteiger partial charge is 0.454 e. The van der Waals surface area contributed by atoms with Crippen molar-refractivity contribution in [1.82, 2.24) is 14.9 Å². The van der Waals surface area contributed by atoms with E-state index in [-0.39, 0.29) is 40.6 Å². The van der Waals surface area contributed by atoms with Gasteiger partial charge in [-0.3, -0.25) is 4.79 Å². The molecule has 5 rings (SSSR count). The predicted octanol–water partition coefficient (Wildman–Crippen LogP) is 4.09. The number of aromatic nitrogens is 2. The zero-order valence-corrected chi connectivity index (χ0v) is 21.9. The number of aliphatic hydroxyl groups is 1. The molecule has 9 nitrogen and oxygen atoms in total. The van der Waals surface area contributed by atoms with Crippen LogP contribution in [0.15, 0.2) is 65.6 Å². The van der Waals surface area contributed by atoms with E-state index in [0.29, 0.717) is 22.6 Å². The Bertz CT molecular complexity index is 1680. The molecule has 1 unspecified atom stereocenters. The first-order valence-corrected chi connectivity index (χ1v) is 13.9. The van der Waals surface area contributed by atoms with E-state index in [0.717, 1.165) is 4.57 Å². The summed E-state index contributed by atoms with van der Waals surface area (Å²) in [6, 6.07) is 13.8. The molecule has 3 aromatic carbocycles. The Morgan fingerprint density at radius 2 is 1.88 bits per heavy atom. The number of fused-ring (bicyclic) bond motifs is 2. The number of sulfone groups is 1. The summed E-state index contributed by atoms with van der Waals surface area (Å²) in [7, 11) is -3.42. The van der Waals surface area contributed by atoms with Crippen LogP contribution < -0.4 is 14.8 Å². The van der Waals surface area contributed by atoms with Gasteiger partial charge in [0.05, 0.1) is 40.9 Å². The minimum atomic E-state index is -4.77. The summed E-state index contributed by atoms with van der Waals surface area (Å²) in [6.45, 7) is 0.806. The van der Waals surface area contributed by atoms with Gasteiger partial charge in [0.25, 0.3) is 5.91 Å². The Kier molecular flexibility index (Phi) is 7.19. The van der Waals surface area contributed by atoms with Crippen LogP contribution in [-0.4, -0.2) is 48.1 Å². The fourth-order valence-electron chi connectivity index (χ4n) is 4.48. The van der Waals surface area contributed by atoms with E-state index >= 15 is 0 Å². The van der Waals surface area contributed by atoms with Crippen LogP contribution in [0.3, 0.4) is 0 Å². The van der Waals surface area contributed by atoms with E-state index in [2.05, 4.69) is 10.3 Å². The van der Waals surface area contributed by atoms with Crippen LogP contribution >= 0.6 is 0 Å². The number of amides is 1. The van der Waals surface area contributed by atoms with Crippen molar-refractivity contribution in [3.8, 4) is 11.5 Å². The standard InChI is InChI=1S/C27H24F3N3O6S/c1-2-40(36,37)19-9-6-16(7-10-19)21(14-34)31-25(35)17-8-11-22-20(12-17)32-26(27(28,29)30)33(22)13-18-4-3-5-23-24(18)39-15-38-23/h3-12,21,34H,2,13-15H2,1H3,(H,31,35). The van der Waals surface area contributed by atoms with Crippen LogP contribution in [0.4, 0.5) is 13.2 Å². The third-order valence-corrected chi connectivity index (χ3v) is 8.33. The van der Waals surface area contributed by atoms with E-state index in [1.54, 1.807) is 18.2 Å². The van der Waals surface area contributed by atoms with Crippen molar-refractivity contribution in [1.29, 1.82) is 0 Å². The second kappa shape index (κ2) is 10.5. The number of hydrogen-bond acceptors (Lipinski definition) is 7. The molecule has 40 heavy (non-hydrogen) atoms. The lowest BCUT2D eigenvalue weighted by atomic mass is 10.1. The van der Waals surface area contributed by atoms with Crippen LogP contribution in [0, 0.1) is 0 Å². The summed E-state index contributed by atoms with van der Waals surface area (Å²) >= 11 is 0. The summed E-state index contributed by atoms with van der Waals surface area (Å²) in [5.74, 6) is -1.05. The van der Waals surface area contributed by atoms with Crippen molar-refractivity contribution in [2.75, 3.05) is 19.2 Å². The zero-order chi connectivity index (χ0) is 28.7. The van der Waals surface area contributed by atoms with Gasteiger partial charge in [-0.15, -0.1) is 0 Å². The molecule has 0 radical (unpaired) electrons. The van der Waals surface area contributed by atoms with Crippen LogP contribution in [-0.2, 0) is 22.6 Å². The Morgan fingerprint density at radius 1 is 1.12 bits per heavy atom.